The highest BCUT2D eigenvalue weighted by Crippen LogP contribution is 2.22. The van der Waals surface area contributed by atoms with Crippen molar-refractivity contribution in [1.82, 2.24) is 10.2 Å². The molecular weight excluding hydrogens is 198 g/mol. The molecule has 0 amide bonds. The van der Waals surface area contributed by atoms with Crippen LogP contribution in [0.25, 0.3) is 0 Å². The molecule has 0 aromatic heterocycles. The number of rotatable bonds is 1. The van der Waals surface area contributed by atoms with E-state index in [-0.39, 0.29) is 0 Å². The van der Waals surface area contributed by atoms with Crippen molar-refractivity contribution >= 4 is 5.96 Å². The number of fused-ring (bicyclic) bond motifs is 1. The number of hydrogen-bond acceptors (Lipinski definition) is 3. The van der Waals surface area contributed by atoms with E-state index in [1.54, 1.807) is 0 Å². The van der Waals surface area contributed by atoms with Gasteiger partial charge < -0.3 is 10.2 Å². The molecule has 3 heteroatoms. The second-order valence-corrected chi connectivity index (χ2v) is 4.64. The lowest BCUT2D eigenvalue weighted by Gasteiger charge is -2.28. The van der Waals surface area contributed by atoms with Gasteiger partial charge in [-0.1, -0.05) is 29.8 Å². The monoisotopic (exact) mass is 215 g/mol. The molecule has 3 nitrogen and oxygen atoms in total. The summed E-state index contributed by atoms with van der Waals surface area (Å²) in [6.07, 6.45) is 0. The first-order valence-corrected chi connectivity index (χ1v) is 5.93. The second-order valence-electron chi connectivity index (χ2n) is 4.64. The molecule has 0 bridgehead atoms. The third kappa shape index (κ3) is 1.66. The molecule has 2 heterocycles. The predicted molar refractivity (Wildman–Crippen MR) is 65.8 cm³/mol. The Hall–Kier alpha value is -1.51. The summed E-state index contributed by atoms with van der Waals surface area (Å²) in [6, 6.07) is 8.86. The van der Waals surface area contributed by atoms with Gasteiger partial charge in [0.2, 0.25) is 0 Å². The van der Waals surface area contributed by atoms with Crippen LogP contribution in [0.3, 0.4) is 0 Å². The average Bonchev–Trinajstić information content (AvgIpc) is 2.77. The van der Waals surface area contributed by atoms with Crippen molar-refractivity contribution in [1.29, 1.82) is 0 Å². The van der Waals surface area contributed by atoms with Crippen LogP contribution in [0.5, 0.6) is 0 Å². The number of aliphatic imine (C=N–C) groups is 1. The highest BCUT2D eigenvalue weighted by Gasteiger charge is 2.26. The molecule has 0 aliphatic carbocycles. The topological polar surface area (TPSA) is 27.6 Å². The van der Waals surface area contributed by atoms with E-state index >= 15 is 0 Å². The Balaban J connectivity index is 1.80. The van der Waals surface area contributed by atoms with E-state index in [1.807, 2.05) is 0 Å². The zero-order chi connectivity index (χ0) is 11.0. The molecule has 1 unspecified atom stereocenters. The number of guanidine groups is 1. The lowest BCUT2D eigenvalue weighted by Crippen LogP contribution is -2.38. The summed E-state index contributed by atoms with van der Waals surface area (Å²) in [5.41, 5.74) is 2.74. The minimum Gasteiger partial charge on any atom is -0.354 e. The first-order valence-electron chi connectivity index (χ1n) is 5.93. The van der Waals surface area contributed by atoms with Gasteiger partial charge in [0, 0.05) is 25.6 Å². The molecule has 2 aliphatic rings. The van der Waals surface area contributed by atoms with Crippen molar-refractivity contribution < 1.29 is 0 Å². The largest absolute Gasteiger partial charge is 0.354 e. The molecular formula is C13H17N3. The van der Waals surface area contributed by atoms with Gasteiger partial charge in [-0.15, -0.1) is 0 Å². The first-order chi connectivity index (χ1) is 7.83. The van der Waals surface area contributed by atoms with Crippen molar-refractivity contribution in [2.24, 2.45) is 4.99 Å². The SMILES string of the molecule is Cc1ccc(C2CN=C3NCCN3C2)cc1. The van der Waals surface area contributed by atoms with Crippen molar-refractivity contribution in [3.05, 3.63) is 35.4 Å². The van der Waals surface area contributed by atoms with Crippen LogP contribution in [-0.2, 0) is 0 Å². The highest BCUT2D eigenvalue weighted by molar-refractivity contribution is 5.82. The van der Waals surface area contributed by atoms with E-state index in [4.69, 9.17) is 0 Å². The molecule has 1 N–H and O–H groups in total. The quantitative estimate of drug-likeness (QED) is 0.766. The van der Waals surface area contributed by atoms with Gasteiger partial charge in [-0.05, 0) is 12.5 Å². The normalized spacial score (nSPS) is 23.7. The lowest BCUT2D eigenvalue weighted by atomic mass is 9.97. The Morgan fingerprint density at radius 3 is 2.94 bits per heavy atom. The van der Waals surface area contributed by atoms with Crippen molar-refractivity contribution in [2.45, 2.75) is 12.8 Å². The summed E-state index contributed by atoms with van der Waals surface area (Å²) in [5.74, 6) is 1.66. The van der Waals surface area contributed by atoms with Crippen molar-refractivity contribution in [3.8, 4) is 0 Å². The van der Waals surface area contributed by atoms with Crippen LogP contribution in [0.15, 0.2) is 29.3 Å². The molecule has 16 heavy (non-hydrogen) atoms. The Morgan fingerprint density at radius 1 is 1.31 bits per heavy atom. The van der Waals surface area contributed by atoms with Gasteiger partial charge in [-0.2, -0.15) is 0 Å². The highest BCUT2D eigenvalue weighted by atomic mass is 15.4. The van der Waals surface area contributed by atoms with Gasteiger partial charge in [0.05, 0.1) is 6.54 Å². The number of nitrogens with one attached hydrogen (secondary N) is 1. The fourth-order valence-corrected chi connectivity index (χ4v) is 2.42. The molecule has 1 fully saturated rings. The summed E-state index contributed by atoms with van der Waals surface area (Å²) in [7, 11) is 0. The standard InChI is InChI=1S/C13H17N3/c1-10-2-4-11(5-3-10)12-8-15-13-14-6-7-16(13)9-12/h2-5,12H,6-9H2,1H3,(H,14,15). The first kappa shape index (κ1) is 9.70. The third-order valence-corrected chi connectivity index (χ3v) is 3.42. The fraction of sp³-hybridized carbons (Fsp3) is 0.462. The molecule has 1 aromatic rings. The van der Waals surface area contributed by atoms with Crippen LogP contribution in [0.4, 0.5) is 0 Å². The Kier molecular flexibility index (Phi) is 2.31. The summed E-state index contributed by atoms with van der Waals surface area (Å²) < 4.78 is 0. The Morgan fingerprint density at radius 2 is 2.12 bits per heavy atom. The van der Waals surface area contributed by atoms with Gasteiger partial charge in [0.15, 0.2) is 5.96 Å². The summed E-state index contributed by atoms with van der Waals surface area (Å²) in [4.78, 5) is 6.96. The van der Waals surface area contributed by atoms with Gasteiger partial charge in [-0.25, -0.2) is 0 Å². The fourth-order valence-electron chi connectivity index (χ4n) is 2.42. The lowest BCUT2D eigenvalue weighted by molar-refractivity contribution is 0.399. The minimum absolute atomic E-state index is 0.559. The molecule has 1 saturated heterocycles. The maximum absolute atomic E-state index is 4.60. The zero-order valence-electron chi connectivity index (χ0n) is 9.61. The molecule has 0 saturated carbocycles. The zero-order valence-corrected chi connectivity index (χ0v) is 9.61. The van der Waals surface area contributed by atoms with Gasteiger partial charge in [0.1, 0.15) is 0 Å². The number of benzene rings is 1. The van der Waals surface area contributed by atoms with E-state index in [2.05, 4.69) is 46.4 Å². The number of aryl methyl sites for hydroxylation is 1. The van der Waals surface area contributed by atoms with Crippen LogP contribution in [-0.4, -0.2) is 37.0 Å². The van der Waals surface area contributed by atoms with Gasteiger partial charge in [-0.3, -0.25) is 4.99 Å². The molecule has 1 atom stereocenters. The second kappa shape index (κ2) is 3.81. The Bertz CT molecular complexity index is 408. The van der Waals surface area contributed by atoms with Crippen LogP contribution in [0.2, 0.25) is 0 Å². The van der Waals surface area contributed by atoms with E-state index in [1.165, 1.54) is 11.1 Å². The van der Waals surface area contributed by atoms with E-state index in [9.17, 15) is 0 Å². The molecule has 0 radical (unpaired) electrons. The maximum atomic E-state index is 4.60. The van der Waals surface area contributed by atoms with E-state index in [0.717, 1.165) is 32.1 Å². The molecule has 84 valence electrons. The summed E-state index contributed by atoms with van der Waals surface area (Å²) >= 11 is 0. The Labute approximate surface area is 96.2 Å². The summed E-state index contributed by atoms with van der Waals surface area (Å²) in [6.45, 7) is 6.29. The smallest absolute Gasteiger partial charge is 0.194 e. The minimum atomic E-state index is 0.559. The average molecular weight is 215 g/mol. The molecule has 1 aromatic carbocycles. The third-order valence-electron chi connectivity index (χ3n) is 3.42. The van der Waals surface area contributed by atoms with Crippen LogP contribution >= 0.6 is 0 Å². The van der Waals surface area contributed by atoms with Gasteiger partial charge in [0.25, 0.3) is 0 Å². The van der Waals surface area contributed by atoms with Crippen LogP contribution < -0.4 is 5.32 Å². The van der Waals surface area contributed by atoms with Crippen molar-refractivity contribution in [2.75, 3.05) is 26.2 Å². The number of nitrogens with zero attached hydrogens (tertiary/aromatic N) is 2. The maximum Gasteiger partial charge on any atom is 0.194 e. The molecule has 2 aliphatic heterocycles. The molecule has 3 rings (SSSR count). The van der Waals surface area contributed by atoms with E-state index < -0.39 is 0 Å². The molecule has 0 spiro atoms. The van der Waals surface area contributed by atoms with Crippen LogP contribution in [0.1, 0.15) is 17.0 Å². The van der Waals surface area contributed by atoms with E-state index in [0.29, 0.717) is 5.92 Å². The van der Waals surface area contributed by atoms with Gasteiger partial charge >= 0.3 is 0 Å². The van der Waals surface area contributed by atoms with Crippen molar-refractivity contribution in [3.63, 3.8) is 0 Å². The van der Waals surface area contributed by atoms with Crippen LogP contribution in [0, 0.1) is 6.92 Å². The predicted octanol–water partition coefficient (Wildman–Crippen LogP) is 1.35. The summed E-state index contributed by atoms with van der Waals surface area (Å²) in [5, 5.41) is 3.32. The number of hydrogen-bond donors (Lipinski definition) is 1.